The lowest BCUT2D eigenvalue weighted by atomic mass is 9.86. The van der Waals surface area contributed by atoms with Gasteiger partial charge in [0.15, 0.2) is 0 Å². The Morgan fingerprint density at radius 2 is 2.28 bits per heavy atom. The molecule has 0 aliphatic heterocycles. The molecule has 0 radical (unpaired) electrons. The summed E-state index contributed by atoms with van der Waals surface area (Å²) in [6.45, 7) is 3.86. The van der Waals surface area contributed by atoms with E-state index in [4.69, 9.17) is 11.0 Å². The molecule has 0 aliphatic carbocycles. The number of rotatable bonds is 4. The average molecular weight is 249 g/mol. The Bertz CT molecular complexity index is 489. The van der Waals surface area contributed by atoms with Gasteiger partial charge in [0.05, 0.1) is 11.0 Å². The van der Waals surface area contributed by atoms with Crippen LogP contribution in [0.5, 0.6) is 0 Å². The smallest absolute Gasteiger partial charge is 0.231 e. The van der Waals surface area contributed by atoms with E-state index in [2.05, 4.69) is 5.32 Å². The zero-order chi connectivity index (χ0) is 13.8. The van der Waals surface area contributed by atoms with Crippen molar-refractivity contribution in [2.24, 2.45) is 11.1 Å². The van der Waals surface area contributed by atoms with Crippen LogP contribution in [0.15, 0.2) is 18.2 Å². The standard InChI is InChI=1S/C13H16FN3O/c1-3-13(2,8-16)12(18)17-10-4-5-11(14)9(6-10)7-15/h4-6H,3,8,16H2,1-2H3,(H,17,18). The van der Waals surface area contributed by atoms with Crippen LogP contribution in [-0.2, 0) is 4.79 Å². The second-order valence-corrected chi connectivity index (χ2v) is 4.38. The second kappa shape index (κ2) is 5.61. The number of amides is 1. The number of anilines is 1. The maximum Gasteiger partial charge on any atom is 0.231 e. The summed E-state index contributed by atoms with van der Waals surface area (Å²) in [7, 11) is 0. The first-order valence-electron chi connectivity index (χ1n) is 5.68. The summed E-state index contributed by atoms with van der Waals surface area (Å²) in [4.78, 5) is 12.0. The Labute approximate surface area is 106 Å². The minimum Gasteiger partial charge on any atom is -0.329 e. The summed E-state index contributed by atoms with van der Waals surface area (Å²) in [6, 6.07) is 5.60. The predicted molar refractivity (Wildman–Crippen MR) is 67.2 cm³/mol. The van der Waals surface area contributed by atoms with Crippen LogP contribution in [0.3, 0.4) is 0 Å². The lowest BCUT2D eigenvalue weighted by molar-refractivity contribution is -0.124. The van der Waals surface area contributed by atoms with E-state index in [-0.39, 0.29) is 18.0 Å². The summed E-state index contributed by atoms with van der Waals surface area (Å²) in [5.41, 5.74) is 5.21. The van der Waals surface area contributed by atoms with Crippen LogP contribution >= 0.6 is 0 Å². The van der Waals surface area contributed by atoms with Gasteiger partial charge in [-0.1, -0.05) is 6.92 Å². The Morgan fingerprint density at radius 3 is 2.78 bits per heavy atom. The van der Waals surface area contributed by atoms with Gasteiger partial charge in [0.1, 0.15) is 11.9 Å². The molecule has 96 valence electrons. The maximum absolute atomic E-state index is 13.1. The Morgan fingerprint density at radius 1 is 1.61 bits per heavy atom. The molecule has 5 heteroatoms. The number of nitrogens with two attached hydrogens (primary N) is 1. The summed E-state index contributed by atoms with van der Waals surface area (Å²) in [5.74, 6) is -0.837. The maximum atomic E-state index is 13.1. The predicted octanol–water partition coefficient (Wildman–Crippen LogP) is 2.01. The molecule has 0 saturated heterocycles. The third kappa shape index (κ3) is 2.84. The van der Waals surface area contributed by atoms with Crippen LogP contribution in [0.25, 0.3) is 0 Å². The number of carbonyl (C=O) groups is 1. The van der Waals surface area contributed by atoms with Gasteiger partial charge in [-0.05, 0) is 31.5 Å². The molecule has 0 bridgehead atoms. The normalized spacial score (nSPS) is 13.5. The van der Waals surface area contributed by atoms with Crippen molar-refractivity contribution in [3.8, 4) is 6.07 Å². The minimum absolute atomic E-state index is 0.0984. The van der Waals surface area contributed by atoms with E-state index in [1.165, 1.54) is 12.1 Å². The lowest BCUT2D eigenvalue weighted by Crippen LogP contribution is -2.39. The molecule has 18 heavy (non-hydrogen) atoms. The third-order valence-electron chi connectivity index (χ3n) is 3.12. The lowest BCUT2D eigenvalue weighted by Gasteiger charge is -2.24. The molecular formula is C13H16FN3O. The largest absolute Gasteiger partial charge is 0.329 e. The van der Waals surface area contributed by atoms with E-state index in [0.29, 0.717) is 12.1 Å². The number of nitrogens with one attached hydrogen (secondary N) is 1. The van der Waals surface area contributed by atoms with Gasteiger partial charge < -0.3 is 11.1 Å². The fourth-order valence-corrected chi connectivity index (χ4v) is 1.37. The van der Waals surface area contributed by atoms with Crippen molar-refractivity contribution in [2.75, 3.05) is 11.9 Å². The van der Waals surface area contributed by atoms with Gasteiger partial charge in [-0.25, -0.2) is 4.39 Å². The van der Waals surface area contributed by atoms with Crippen LogP contribution in [0.1, 0.15) is 25.8 Å². The third-order valence-corrected chi connectivity index (χ3v) is 3.12. The van der Waals surface area contributed by atoms with Crippen LogP contribution in [0, 0.1) is 22.6 Å². The molecule has 1 rings (SSSR count). The Balaban J connectivity index is 2.93. The average Bonchev–Trinajstić information content (AvgIpc) is 2.39. The van der Waals surface area contributed by atoms with Crippen LogP contribution in [0.2, 0.25) is 0 Å². The zero-order valence-corrected chi connectivity index (χ0v) is 10.5. The first-order valence-corrected chi connectivity index (χ1v) is 5.68. The molecule has 0 aliphatic rings. The highest BCUT2D eigenvalue weighted by Gasteiger charge is 2.29. The molecule has 1 amide bonds. The number of halogens is 1. The summed E-state index contributed by atoms with van der Waals surface area (Å²) >= 11 is 0. The molecule has 3 N–H and O–H groups in total. The monoisotopic (exact) mass is 249 g/mol. The van der Waals surface area contributed by atoms with Gasteiger partial charge in [-0.15, -0.1) is 0 Å². The number of hydrogen-bond acceptors (Lipinski definition) is 3. The van der Waals surface area contributed by atoms with E-state index in [1.54, 1.807) is 13.0 Å². The highest BCUT2D eigenvalue weighted by molar-refractivity contribution is 5.95. The van der Waals surface area contributed by atoms with Crippen LogP contribution < -0.4 is 11.1 Å². The molecule has 0 aromatic heterocycles. The van der Waals surface area contributed by atoms with Crippen molar-refractivity contribution in [2.45, 2.75) is 20.3 Å². The van der Waals surface area contributed by atoms with Crippen molar-refractivity contribution in [3.63, 3.8) is 0 Å². The van der Waals surface area contributed by atoms with Crippen molar-refractivity contribution in [1.82, 2.24) is 0 Å². The van der Waals surface area contributed by atoms with E-state index < -0.39 is 11.2 Å². The summed E-state index contributed by atoms with van der Waals surface area (Å²) < 4.78 is 13.1. The van der Waals surface area contributed by atoms with E-state index in [1.807, 2.05) is 6.92 Å². The highest BCUT2D eigenvalue weighted by atomic mass is 19.1. The van der Waals surface area contributed by atoms with Crippen LogP contribution in [-0.4, -0.2) is 12.5 Å². The first-order chi connectivity index (χ1) is 8.46. The topological polar surface area (TPSA) is 78.9 Å². The van der Waals surface area contributed by atoms with Crippen molar-refractivity contribution in [3.05, 3.63) is 29.6 Å². The quantitative estimate of drug-likeness (QED) is 0.856. The van der Waals surface area contributed by atoms with Gasteiger partial charge in [-0.2, -0.15) is 5.26 Å². The molecule has 0 fully saturated rings. The zero-order valence-electron chi connectivity index (χ0n) is 10.5. The minimum atomic E-state index is -0.665. The van der Waals surface area contributed by atoms with Gasteiger partial charge >= 0.3 is 0 Å². The van der Waals surface area contributed by atoms with E-state index in [0.717, 1.165) is 6.07 Å². The van der Waals surface area contributed by atoms with E-state index >= 15 is 0 Å². The van der Waals surface area contributed by atoms with Gasteiger partial charge in [0.2, 0.25) is 5.91 Å². The van der Waals surface area contributed by atoms with Gasteiger partial charge in [0.25, 0.3) is 0 Å². The highest BCUT2D eigenvalue weighted by Crippen LogP contribution is 2.22. The fraction of sp³-hybridized carbons (Fsp3) is 0.385. The fourth-order valence-electron chi connectivity index (χ4n) is 1.37. The number of carbonyl (C=O) groups excluding carboxylic acids is 1. The molecule has 0 heterocycles. The second-order valence-electron chi connectivity index (χ2n) is 4.38. The number of hydrogen-bond donors (Lipinski definition) is 2. The molecule has 4 nitrogen and oxygen atoms in total. The SMILES string of the molecule is CCC(C)(CN)C(=O)Nc1ccc(F)c(C#N)c1. The molecule has 1 atom stereocenters. The number of nitriles is 1. The van der Waals surface area contributed by atoms with Crippen LogP contribution in [0.4, 0.5) is 10.1 Å². The molecular weight excluding hydrogens is 233 g/mol. The van der Waals surface area contributed by atoms with Gasteiger partial charge in [-0.3, -0.25) is 4.79 Å². The molecule has 1 unspecified atom stereocenters. The van der Waals surface area contributed by atoms with Crippen molar-refractivity contribution < 1.29 is 9.18 Å². The van der Waals surface area contributed by atoms with Gasteiger partial charge in [0, 0.05) is 12.2 Å². The first kappa shape index (κ1) is 14.1. The molecule has 0 spiro atoms. The molecule has 1 aromatic rings. The Kier molecular flexibility index (Phi) is 4.40. The Hall–Kier alpha value is -1.93. The summed E-state index contributed by atoms with van der Waals surface area (Å²) in [5, 5.41) is 11.4. The van der Waals surface area contributed by atoms with E-state index in [9.17, 15) is 9.18 Å². The number of nitrogens with zero attached hydrogens (tertiary/aromatic N) is 1. The molecule has 1 aromatic carbocycles. The van der Waals surface area contributed by atoms with Crippen molar-refractivity contribution >= 4 is 11.6 Å². The van der Waals surface area contributed by atoms with Crippen molar-refractivity contribution in [1.29, 1.82) is 5.26 Å². The summed E-state index contributed by atoms with van der Waals surface area (Å²) in [6.07, 6.45) is 0.599. The molecule has 0 saturated carbocycles. The number of benzene rings is 1.